The first-order valence-corrected chi connectivity index (χ1v) is 8.67. The summed E-state index contributed by atoms with van der Waals surface area (Å²) in [5, 5.41) is 4.29. The average Bonchev–Trinajstić information content (AvgIpc) is 2.46. The highest BCUT2D eigenvalue weighted by Crippen LogP contribution is 2.28. The van der Waals surface area contributed by atoms with Crippen LogP contribution in [0.4, 0.5) is 5.69 Å². The third-order valence-corrected chi connectivity index (χ3v) is 4.79. The minimum Gasteiger partial charge on any atom is -0.374 e. The maximum absolute atomic E-state index is 6.43. The molecule has 0 amide bonds. The molecule has 21 heavy (non-hydrogen) atoms. The van der Waals surface area contributed by atoms with Crippen LogP contribution in [0.25, 0.3) is 0 Å². The second-order valence-electron chi connectivity index (χ2n) is 6.70. The normalized spacial score (nSPS) is 16.4. The summed E-state index contributed by atoms with van der Waals surface area (Å²) in [7, 11) is 2.19. The fraction of sp³-hybridized carbons (Fsp3) is 0.667. The fourth-order valence-electron chi connectivity index (χ4n) is 3.09. The van der Waals surface area contributed by atoms with Crippen LogP contribution in [0.3, 0.4) is 0 Å². The zero-order valence-electron chi connectivity index (χ0n) is 13.7. The maximum Gasteiger partial charge on any atom is 0.0471 e. The van der Waals surface area contributed by atoms with Gasteiger partial charge in [-0.15, -0.1) is 0 Å². The number of benzene rings is 1. The molecule has 0 heterocycles. The van der Waals surface area contributed by atoms with Gasteiger partial charge in [-0.25, -0.2) is 0 Å². The second-order valence-corrected chi connectivity index (χ2v) is 7.10. The van der Waals surface area contributed by atoms with Crippen molar-refractivity contribution >= 4 is 17.3 Å². The molecule has 0 saturated heterocycles. The number of anilines is 1. The van der Waals surface area contributed by atoms with Crippen LogP contribution in [0.2, 0.25) is 5.02 Å². The predicted octanol–water partition coefficient (Wildman–Crippen LogP) is 4.85. The molecule has 1 aliphatic carbocycles. The molecule has 0 spiro atoms. The molecule has 1 saturated carbocycles. The predicted molar refractivity (Wildman–Crippen MR) is 93.3 cm³/mol. The molecule has 1 aliphatic rings. The summed E-state index contributed by atoms with van der Waals surface area (Å²) >= 11 is 6.43. The van der Waals surface area contributed by atoms with Crippen molar-refractivity contribution in [1.29, 1.82) is 0 Å². The van der Waals surface area contributed by atoms with E-state index in [9.17, 15) is 0 Å². The number of nitrogens with one attached hydrogen (secondary N) is 1. The Labute approximate surface area is 134 Å². The molecule has 1 N–H and O–H groups in total. The molecule has 2 rings (SSSR count). The van der Waals surface area contributed by atoms with E-state index in [0.29, 0.717) is 6.04 Å². The molecule has 1 aromatic carbocycles. The molecule has 2 nitrogen and oxygen atoms in total. The lowest BCUT2D eigenvalue weighted by molar-refractivity contribution is 0.362. The van der Waals surface area contributed by atoms with E-state index < -0.39 is 0 Å². The Hall–Kier alpha value is -0.730. The third kappa shape index (κ3) is 5.19. The van der Waals surface area contributed by atoms with E-state index >= 15 is 0 Å². The Kier molecular flexibility index (Phi) is 6.38. The van der Waals surface area contributed by atoms with Crippen molar-refractivity contribution in [2.75, 3.05) is 18.5 Å². The van der Waals surface area contributed by atoms with Crippen molar-refractivity contribution in [3.63, 3.8) is 0 Å². The van der Waals surface area contributed by atoms with Gasteiger partial charge in [-0.2, -0.15) is 0 Å². The largest absolute Gasteiger partial charge is 0.374 e. The van der Waals surface area contributed by atoms with Gasteiger partial charge in [0.2, 0.25) is 0 Å². The van der Waals surface area contributed by atoms with Gasteiger partial charge in [-0.3, -0.25) is 0 Å². The molecule has 0 aliphatic heterocycles. The maximum atomic E-state index is 6.43. The fourth-order valence-corrected chi connectivity index (χ4v) is 3.34. The molecule has 0 atom stereocenters. The lowest BCUT2D eigenvalue weighted by Crippen LogP contribution is -2.27. The van der Waals surface area contributed by atoms with Crippen molar-refractivity contribution in [3.05, 3.63) is 28.8 Å². The highest BCUT2D eigenvalue weighted by molar-refractivity contribution is 6.31. The molecule has 3 heteroatoms. The van der Waals surface area contributed by atoms with Crippen LogP contribution in [-0.4, -0.2) is 19.6 Å². The topological polar surface area (TPSA) is 15.3 Å². The number of rotatable bonds is 6. The first kappa shape index (κ1) is 16.6. The van der Waals surface area contributed by atoms with E-state index in [1.54, 1.807) is 0 Å². The van der Waals surface area contributed by atoms with Crippen LogP contribution in [0.5, 0.6) is 0 Å². The van der Waals surface area contributed by atoms with Crippen LogP contribution in [0.15, 0.2) is 18.2 Å². The average molecular weight is 309 g/mol. The lowest BCUT2D eigenvalue weighted by Gasteiger charge is -2.28. The summed E-state index contributed by atoms with van der Waals surface area (Å²) in [4.78, 5) is 2.36. The Bertz CT molecular complexity index is 439. The molecule has 0 unspecified atom stereocenters. The first-order chi connectivity index (χ1) is 10.1. The van der Waals surface area contributed by atoms with E-state index in [1.807, 2.05) is 0 Å². The highest BCUT2D eigenvalue weighted by Gasteiger charge is 2.16. The van der Waals surface area contributed by atoms with Gasteiger partial charge in [-0.1, -0.05) is 50.8 Å². The van der Waals surface area contributed by atoms with Crippen molar-refractivity contribution in [1.82, 2.24) is 5.32 Å². The van der Waals surface area contributed by atoms with E-state index in [0.717, 1.165) is 24.0 Å². The zero-order chi connectivity index (χ0) is 15.2. The van der Waals surface area contributed by atoms with Gasteiger partial charge < -0.3 is 10.2 Å². The molecule has 1 aromatic rings. The lowest BCUT2D eigenvalue weighted by atomic mass is 9.89. The van der Waals surface area contributed by atoms with Crippen LogP contribution in [0.1, 0.15) is 51.5 Å². The third-order valence-electron chi connectivity index (χ3n) is 4.43. The van der Waals surface area contributed by atoms with Gasteiger partial charge >= 0.3 is 0 Å². The van der Waals surface area contributed by atoms with Gasteiger partial charge in [0, 0.05) is 36.9 Å². The second kappa shape index (κ2) is 8.05. The zero-order valence-corrected chi connectivity index (χ0v) is 14.4. The Morgan fingerprint density at radius 3 is 2.57 bits per heavy atom. The van der Waals surface area contributed by atoms with E-state index in [4.69, 9.17) is 11.6 Å². The Morgan fingerprint density at radius 2 is 1.95 bits per heavy atom. The van der Waals surface area contributed by atoms with Crippen LogP contribution < -0.4 is 10.2 Å². The van der Waals surface area contributed by atoms with Gasteiger partial charge in [0.15, 0.2) is 0 Å². The number of nitrogens with zero attached hydrogens (tertiary/aromatic N) is 1. The number of hydrogen-bond donors (Lipinski definition) is 1. The molecule has 1 fully saturated rings. The van der Waals surface area contributed by atoms with Crippen molar-refractivity contribution in [2.45, 2.75) is 58.5 Å². The summed E-state index contributed by atoms with van der Waals surface area (Å²) in [5.41, 5.74) is 2.42. The van der Waals surface area contributed by atoms with Gasteiger partial charge in [0.1, 0.15) is 0 Å². The Balaban J connectivity index is 1.94. The molecule has 0 bridgehead atoms. The SMILES string of the molecule is CC(C)NCc1ccc(N(C)CC2CCCCC2)cc1Cl. The quantitative estimate of drug-likeness (QED) is 0.807. The first-order valence-electron chi connectivity index (χ1n) is 8.29. The van der Waals surface area contributed by atoms with Crippen LogP contribution >= 0.6 is 11.6 Å². The monoisotopic (exact) mass is 308 g/mol. The van der Waals surface area contributed by atoms with Gasteiger partial charge in [0.25, 0.3) is 0 Å². The van der Waals surface area contributed by atoms with Crippen LogP contribution in [-0.2, 0) is 6.54 Å². The molecule has 118 valence electrons. The highest BCUT2D eigenvalue weighted by atomic mass is 35.5. The number of hydrogen-bond acceptors (Lipinski definition) is 2. The molecule has 0 aromatic heterocycles. The summed E-state index contributed by atoms with van der Waals surface area (Å²) in [6, 6.07) is 6.95. The number of halogens is 1. The van der Waals surface area contributed by atoms with Gasteiger partial charge in [-0.05, 0) is 36.5 Å². The van der Waals surface area contributed by atoms with Crippen molar-refractivity contribution in [3.8, 4) is 0 Å². The molecular formula is C18H29ClN2. The molecular weight excluding hydrogens is 280 g/mol. The van der Waals surface area contributed by atoms with Gasteiger partial charge in [0.05, 0.1) is 0 Å². The van der Waals surface area contributed by atoms with E-state index in [-0.39, 0.29) is 0 Å². The minimum atomic E-state index is 0.481. The summed E-state index contributed by atoms with van der Waals surface area (Å²) in [6.07, 6.45) is 6.99. The van der Waals surface area contributed by atoms with E-state index in [2.05, 4.69) is 49.3 Å². The molecule has 0 radical (unpaired) electrons. The van der Waals surface area contributed by atoms with E-state index in [1.165, 1.54) is 43.4 Å². The summed E-state index contributed by atoms with van der Waals surface area (Å²) in [5.74, 6) is 0.852. The van der Waals surface area contributed by atoms with Crippen molar-refractivity contribution in [2.24, 2.45) is 5.92 Å². The Morgan fingerprint density at radius 1 is 1.24 bits per heavy atom. The summed E-state index contributed by atoms with van der Waals surface area (Å²) < 4.78 is 0. The smallest absolute Gasteiger partial charge is 0.0471 e. The van der Waals surface area contributed by atoms with Crippen LogP contribution in [0, 0.1) is 5.92 Å². The van der Waals surface area contributed by atoms with Crippen molar-refractivity contribution < 1.29 is 0 Å². The standard InChI is InChI=1S/C18H29ClN2/c1-14(2)20-12-16-9-10-17(11-18(16)19)21(3)13-15-7-5-4-6-8-15/h9-11,14-15,20H,4-8,12-13H2,1-3H3. The summed E-state index contributed by atoms with van der Waals surface area (Å²) in [6.45, 7) is 6.30. The minimum absolute atomic E-state index is 0.481.